The zero-order valence-corrected chi connectivity index (χ0v) is 18.3. The molecular formula is C25H31N3O3. The number of hydrogen-bond acceptors (Lipinski definition) is 3. The number of nitrogens with zero attached hydrogens (tertiary/aromatic N) is 2. The van der Waals surface area contributed by atoms with Crippen molar-refractivity contribution in [3.05, 3.63) is 65.0 Å². The summed E-state index contributed by atoms with van der Waals surface area (Å²) in [5.74, 6) is 1.09. The van der Waals surface area contributed by atoms with Gasteiger partial charge in [-0.2, -0.15) is 0 Å². The van der Waals surface area contributed by atoms with E-state index in [-0.39, 0.29) is 17.6 Å². The normalized spacial score (nSPS) is 14.8. The Hall–Kier alpha value is -3.02. The first-order chi connectivity index (χ1) is 15.0. The van der Waals surface area contributed by atoms with Crippen LogP contribution in [0.5, 0.6) is 0 Å². The van der Waals surface area contributed by atoms with Crippen LogP contribution in [0.4, 0.5) is 10.5 Å². The molecule has 0 unspecified atom stereocenters. The highest BCUT2D eigenvalue weighted by Gasteiger charge is 2.27. The number of benzene rings is 1. The van der Waals surface area contributed by atoms with Crippen LogP contribution in [0.1, 0.15) is 51.7 Å². The highest BCUT2D eigenvalue weighted by Crippen LogP contribution is 2.27. The molecule has 1 fully saturated rings. The molecule has 1 N–H and O–H groups in total. The molecule has 0 atom stereocenters. The van der Waals surface area contributed by atoms with Crippen LogP contribution < -0.4 is 10.9 Å². The van der Waals surface area contributed by atoms with E-state index < -0.39 is 0 Å². The molecule has 2 heterocycles. The molecule has 6 nitrogen and oxygen atoms in total. The maximum atomic E-state index is 13.5. The van der Waals surface area contributed by atoms with E-state index in [0.29, 0.717) is 30.1 Å². The van der Waals surface area contributed by atoms with Gasteiger partial charge < -0.3 is 19.2 Å². The number of rotatable bonds is 6. The zero-order valence-electron chi connectivity index (χ0n) is 18.3. The Morgan fingerprint density at radius 1 is 1.13 bits per heavy atom. The summed E-state index contributed by atoms with van der Waals surface area (Å²) in [6.07, 6.45) is 8.92. The van der Waals surface area contributed by atoms with Crippen molar-refractivity contribution < 1.29 is 9.21 Å². The van der Waals surface area contributed by atoms with Crippen LogP contribution in [0.15, 0.2) is 58.1 Å². The molecule has 164 valence electrons. The highest BCUT2D eigenvalue weighted by molar-refractivity contribution is 6.01. The summed E-state index contributed by atoms with van der Waals surface area (Å²) in [6.45, 7) is 5.19. The largest absolute Gasteiger partial charge is 0.467 e. The predicted octanol–water partition coefficient (Wildman–Crippen LogP) is 5.62. The molecular weight excluding hydrogens is 390 g/mol. The molecule has 2 amide bonds. The maximum Gasteiger partial charge on any atom is 0.322 e. The van der Waals surface area contributed by atoms with Gasteiger partial charge in [-0.1, -0.05) is 51.3 Å². The van der Waals surface area contributed by atoms with Crippen LogP contribution in [-0.4, -0.2) is 21.5 Å². The lowest BCUT2D eigenvalue weighted by atomic mass is 9.94. The number of furan rings is 1. The minimum Gasteiger partial charge on any atom is -0.467 e. The van der Waals surface area contributed by atoms with Gasteiger partial charge in [0.25, 0.3) is 5.56 Å². The summed E-state index contributed by atoms with van der Waals surface area (Å²) in [5, 5.41) is 4.51. The van der Waals surface area contributed by atoms with Gasteiger partial charge in [-0.3, -0.25) is 4.79 Å². The van der Waals surface area contributed by atoms with E-state index in [1.165, 1.54) is 6.42 Å². The number of aromatic nitrogens is 1. The van der Waals surface area contributed by atoms with E-state index in [1.54, 1.807) is 17.0 Å². The first-order valence-corrected chi connectivity index (χ1v) is 11.2. The SMILES string of the molecule is CC(C)Cn1cc(NC(=O)N(Cc2ccco2)C2CCCCC2)c2ccccc2c1=O. The first kappa shape index (κ1) is 21.2. The second-order valence-electron chi connectivity index (χ2n) is 8.87. The van der Waals surface area contributed by atoms with E-state index in [9.17, 15) is 9.59 Å². The van der Waals surface area contributed by atoms with Gasteiger partial charge >= 0.3 is 6.03 Å². The molecule has 0 radical (unpaired) electrons. The number of carbonyl (C=O) groups excluding carboxylic acids is 1. The lowest BCUT2D eigenvalue weighted by Crippen LogP contribution is -2.43. The fraction of sp³-hybridized carbons (Fsp3) is 0.440. The molecule has 1 saturated carbocycles. The topological polar surface area (TPSA) is 67.5 Å². The third kappa shape index (κ3) is 4.84. The fourth-order valence-corrected chi connectivity index (χ4v) is 4.49. The highest BCUT2D eigenvalue weighted by atomic mass is 16.3. The van der Waals surface area contributed by atoms with Gasteiger partial charge in [0.2, 0.25) is 0 Å². The van der Waals surface area contributed by atoms with Gasteiger partial charge in [0.05, 0.1) is 18.5 Å². The van der Waals surface area contributed by atoms with Crippen molar-refractivity contribution in [1.29, 1.82) is 0 Å². The number of anilines is 1. The average molecular weight is 422 g/mol. The molecule has 1 aliphatic carbocycles. The molecule has 0 saturated heterocycles. The lowest BCUT2D eigenvalue weighted by Gasteiger charge is -2.34. The summed E-state index contributed by atoms with van der Waals surface area (Å²) in [7, 11) is 0. The van der Waals surface area contributed by atoms with Gasteiger partial charge in [-0.15, -0.1) is 0 Å². The molecule has 3 aromatic rings. The Morgan fingerprint density at radius 3 is 2.55 bits per heavy atom. The molecule has 0 spiro atoms. The van der Waals surface area contributed by atoms with Crippen molar-refractivity contribution in [2.24, 2.45) is 5.92 Å². The number of nitrogens with one attached hydrogen (secondary N) is 1. The van der Waals surface area contributed by atoms with Crippen molar-refractivity contribution in [2.75, 3.05) is 5.32 Å². The van der Waals surface area contributed by atoms with E-state index in [0.717, 1.165) is 36.8 Å². The molecule has 2 aromatic heterocycles. The molecule has 31 heavy (non-hydrogen) atoms. The number of hydrogen-bond donors (Lipinski definition) is 1. The zero-order chi connectivity index (χ0) is 21.8. The Labute approximate surface area is 182 Å². The van der Waals surface area contributed by atoms with E-state index in [2.05, 4.69) is 19.2 Å². The van der Waals surface area contributed by atoms with Gasteiger partial charge in [0, 0.05) is 29.6 Å². The van der Waals surface area contributed by atoms with Crippen molar-refractivity contribution >= 4 is 22.5 Å². The molecule has 4 rings (SSSR count). The minimum atomic E-state index is -0.150. The Bertz CT molecular complexity index is 1080. The third-order valence-electron chi connectivity index (χ3n) is 5.98. The van der Waals surface area contributed by atoms with Crippen molar-refractivity contribution in [2.45, 2.75) is 65.1 Å². The third-order valence-corrected chi connectivity index (χ3v) is 5.98. The smallest absolute Gasteiger partial charge is 0.322 e. The molecule has 0 aliphatic heterocycles. The summed E-state index contributed by atoms with van der Waals surface area (Å²) in [6, 6.07) is 11.3. The number of pyridine rings is 1. The van der Waals surface area contributed by atoms with Crippen molar-refractivity contribution in [3.63, 3.8) is 0 Å². The lowest BCUT2D eigenvalue weighted by molar-refractivity contribution is 0.156. The number of carbonyl (C=O) groups is 1. The molecule has 1 aromatic carbocycles. The summed E-state index contributed by atoms with van der Waals surface area (Å²) in [4.78, 5) is 28.3. The molecule has 0 bridgehead atoms. The van der Waals surface area contributed by atoms with Crippen molar-refractivity contribution in [1.82, 2.24) is 9.47 Å². The quantitative estimate of drug-likeness (QED) is 0.562. The maximum absolute atomic E-state index is 13.5. The Kier molecular flexibility index (Phi) is 6.44. The predicted molar refractivity (Wildman–Crippen MR) is 123 cm³/mol. The van der Waals surface area contributed by atoms with Crippen LogP contribution in [0.2, 0.25) is 0 Å². The summed E-state index contributed by atoms with van der Waals surface area (Å²) < 4.78 is 7.25. The van der Waals surface area contributed by atoms with Crippen LogP contribution in [0.25, 0.3) is 10.8 Å². The van der Waals surface area contributed by atoms with Gasteiger partial charge in [-0.25, -0.2) is 4.79 Å². The van der Waals surface area contributed by atoms with Crippen molar-refractivity contribution in [3.8, 4) is 0 Å². The Morgan fingerprint density at radius 2 is 1.87 bits per heavy atom. The Balaban J connectivity index is 1.67. The van der Waals surface area contributed by atoms with Gasteiger partial charge in [0.1, 0.15) is 5.76 Å². The van der Waals surface area contributed by atoms with E-state index >= 15 is 0 Å². The number of fused-ring (bicyclic) bond motifs is 1. The second-order valence-corrected chi connectivity index (χ2v) is 8.87. The minimum absolute atomic E-state index is 0.0259. The summed E-state index contributed by atoms with van der Waals surface area (Å²) >= 11 is 0. The van der Waals surface area contributed by atoms with E-state index in [4.69, 9.17) is 4.42 Å². The van der Waals surface area contributed by atoms with Crippen LogP contribution in [-0.2, 0) is 13.1 Å². The summed E-state index contributed by atoms with van der Waals surface area (Å²) in [5.41, 5.74) is 0.642. The van der Waals surface area contributed by atoms with Gasteiger partial charge in [0.15, 0.2) is 0 Å². The van der Waals surface area contributed by atoms with Crippen LogP contribution in [0, 0.1) is 5.92 Å². The average Bonchev–Trinajstić information content (AvgIpc) is 3.29. The monoisotopic (exact) mass is 421 g/mol. The second kappa shape index (κ2) is 9.41. The first-order valence-electron chi connectivity index (χ1n) is 11.2. The van der Waals surface area contributed by atoms with Crippen LogP contribution in [0.3, 0.4) is 0 Å². The van der Waals surface area contributed by atoms with Crippen LogP contribution >= 0.6 is 0 Å². The standard InChI is InChI=1S/C25H31N3O3/c1-18(2)15-27-17-23(21-12-6-7-13-22(21)24(27)29)26-25(30)28(16-20-11-8-14-31-20)19-9-4-3-5-10-19/h6-8,11-14,17-19H,3-5,9-10,15-16H2,1-2H3,(H,26,30). The van der Waals surface area contributed by atoms with E-state index in [1.807, 2.05) is 41.3 Å². The van der Waals surface area contributed by atoms with Gasteiger partial charge in [-0.05, 0) is 37.0 Å². The number of amides is 2. The molecule has 1 aliphatic rings. The number of urea groups is 1. The molecule has 6 heteroatoms. The fourth-order valence-electron chi connectivity index (χ4n) is 4.49.